The third-order valence-electron chi connectivity index (χ3n) is 2.62. The van der Waals surface area contributed by atoms with Crippen molar-refractivity contribution in [2.75, 3.05) is 6.54 Å². The Bertz CT molecular complexity index is 670. The zero-order chi connectivity index (χ0) is 13.8. The van der Waals surface area contributed by atoms with Crippen LogP contribution in [0.2, 0.25) is 0 Å². The van der Waals surface area contributed by atoms with Crippen molar-refractivity contribution in [1.82, 2.24) is 4.72 Å². The Morgan fingerprint density at radius 2 is 2.16 bits per heavy atom. The fourth-order valence-electron chi connectivity index (χ4n) is 1.78. The summed E-state index contributed by atoms with van der Waals surface area (Å²) < 4.78 is 27.2. The van der Waals surface area contributed by atoms with E-state index in [2.05, 4.69) is 20.7 Å². The van der Waals surface area contributed by atoms with Gasteiger partial charge in [-0.3, -0.25) is 4.55 Å². The zero-order valence-electron chi connectivity index (χ0n) is 9.89. The molecule has 0 bridgehead atoms. The second-order valence-electron chi connectivity index (χ2n) is 3.99. The van der Waals surface area contributed by atoms with E-state index < -0.39 is 11.3 Å². The van der Waals surface area contributed by atoms with Crippen LogP contribution in [0.15, 0.2) is 37.9 Å². The van der Waals surface area contributed by atoms with E-state index in [-0.39, 0.29) is 5.63 Å². The summed E-state index contributed by atoms with van der Waals surface area (Å²) in [6, 6.07) is 6.98. The van der Waals surface area contributed by atoms with E-state index in [0.29, 0.717) is 16.6 Å². The van der Waals surface area contributed by atoms with Gasteiger partial charge in [-0.15, -0.1) is 0 Å². The van der Waals surface area contributed by atoms with Crippen molar-refractivity contribution >= 4 is 38.2 Å². The molecule has 1 aromatic carbocycles. The molecule has 1 atom stereocenters. The molecule has 7 heteroatoms. The van der Waals surface area contributed by atoms with E-state index in [0.717, 1.165) is 23.8 Å². The SMILES string of the molecule is O=c1cc(Br)c2cc(CCCNS(=O)O)ccc2o1. The summed E-state index contributed by atoms with van der Waals surface area (Å²) in [5, 5.41) is 0.843. The lowest BCUT2D eigenvalue weighted by Crippen LogP contribution is -2.17. The molecule has 0 aliphatic carbocycles. The lowest BCUT2D eigenvalue weighted by atomic mass is 10.1. The molecule has 2 N–H and O–H groups in total. The van der Waals surface area contributed by atoms with Crippen molar-refractivity contribution in [2.45, 2.75) is 12.8 Å². The van der Waals surface area contributed by atoms with Gasteiger partial charge in [-0.2, -0.15) is 0 Å². The average molecular weight is 346 g/mol. The number of hydrogen-bond acceptors (Lipinski definition) is 3. The highest BCUT2D eigenvalue weighted by atomic mass is 79.9. The molecular formula is C12H12BrNO4S. The number of rotatable bonds is 5. The summed E-state index contributed by atoms with van der Waals surface area (Å²) in [4.78, 5) is 11.2. The van der Waals surface area contributed by atoms with Crippen LogP contribution in [0.4, 0.5) is 0 Å². The lowest BCUT2D eigenvalue weighted by molar-refractivity contribution is 0.547. The van der Waals surface area contributed by atoms with Gasteiger partial charge in [0.2, 0.25) is 11.3 Å². The van der Waals surface area contributed by atoms with E-state index >= 15 is 0 Å². The second-order valence-corrected chi connectivity index (χ2v) is 5.63. The molecule has 0 aliphatic rings. The molecule has 102 valence electrons. The molecule has 1 aromatic heterocycles. The first-order valence-corrected chi connectivity index (χ1v) is 7.53. The van der Waals surface area contributed by atoms with Crippen molar-refractivity contribution < 1.29 is 13.2 Å². The lowest BCUT2D eigenvalue weighted by Gasteiger charge is -2.04. The van der Waals surface area contributed by atoms with Crippen molar-refractivity contribution in [1.29, 1.82) is 0 Å². The largest absolute Gasteiger partial charge is 0.423 e. The Morgan fingerprint density at radius 3 is 2.89 bits per heavy atom. The van der Waals surface area contributed by atoms with Crippen molar-refractivity contribution in [2.24, 2.45) is 0 Å². The van der Waals surface area contributed by atoms with Gasteiger partial charge in [0.25, 0.3) is 0 Å². The molecule has 0 aliphatic heterocycles. The molecule has 0 spiro atoms. The van der Waals surface area contributed by atoms with Gasteiger partial charge < -0.3 is 4.42 Å². The zero-order valence-corrected chi connectivity index (χ0v) is 12.3. The van der Waals surface area contributed by atoms with Crippen molar-refractivity contribution in [3.8, 4) is 0 Å². The predicted molar refractivity (Wildman–Crippen MR) is 77.3 cm³/mol. The molecule has 2 aromatic rings. The number of fused-ring (bicyclic) bond motifs is 1. The number of benzene rings is 1. The van der Waals surface area contributed by atoms with E-state index in [1.807, 2.05) is 12.1 Å². The number of nitrogens with one attached hydrogen (secondary N) is 1. The first-order valence-electron chi connectivity index (χ1n) is 5.63. The minimum Gasteiger partial charge on any atom is -0.423 e. The van der Waals surface area contributed by atoms with Crippen molar-refractivity contribution in [3.05, 3.63) is 44.7 Å². The van der Waals surface area contributed by atoms with Crippen LogP contribution < -0.4 is 10.3 Å². The number of halogens is 1. The Balaban J connectivity index is 2.13. The van der Waals surface area contributed by atoms with Crippen LogP contribution in [-0.4, -0.2) is 15.3 Å². The summed E-state index contributed by atoms with van der Waals surface area (Å²) in [6.07, 6.45) is 1.51. The fourth-order valence-corrected chi connectivity index (χ4v) is 2.60. The maximum atomic E-state index is 11.2. The first kappa shape index (κ1) is 14.4. The van der Waals surface area contributed by atoms with Gasteiger partial charge in [-0.25, -0.2) is 13.7 Å². The van der Waals surface area contributed by atoms with Crippen LogP contribution >= 0.6 is 15.9 Å². The standard InChI is InChI=1S/C12H12BrNO4S/c13-10-7-12(15)18-11-4-3-8(6-9(10)11)2-1-5-14-19(16)17/h3-4,6-7,14H,1-2,5H2,(H,16,17). The summed E-state index contributed by atoms with van der Waals surface area (Å²) in [6.45, 7) is 0.464. The van der Waals surface area contributed by atoms with Crippen molar-refractivity contribution in [3.63, 3.8) is 0 Å². The van der Waals surface area contributed by atoms with E-state index in [4.69, 9.17) is 8.97 Å². The van der Waals surface area contributed by atoms with Crippen LogP contribution in [0.1, 0.15) is 12.0 Å². The fraction of sp³-hybridized carbons (Fsp3) is 0.250. The molecule has 1 unspecified atom stereocenters. The predicted octanol–water partition coefficient (Wildman–Crippen LogP) is 2.21. The molecular weight excluding hydrogens is 334 g/mol. The molecule has 0 radical (unpaired) electrons. The summed E-state index contributed by atoms with van der Waals surface area (Å²) in [5.74, 6) is 0. The maximum Gasteiger partial charge on any atom is 0.337 e. The Hall–Kier alpha value is -1.02. The van der Waals surface area contributed by atoms with Crippen LogP contribution in [0.5, 0.6) is 0 Å². The highest BCUT2D eigenvalue weighted by molar-refractivity contribution is 9.10. The van der Waals surface area contributed by atoms with E-state index in [1.54, 1.807) is 6.07 Å². The molecule has 0 amide bonds. The normalized spacial score (nSPS) is 12.7. The van der Waals surface area contributed by atoms with Gasteiger partial charge in [0.05, 0.1) is 0 Å². The molecule has 0 saturated carbocycles. The molecule has 0 saturated heterocycles. The van der Waals surface area contributed by atoms with Crippen LogP contribution in [0.25, 0.3) is 11.0 Å². The summed E-state index contributed by atoms with van der Waals surface area (Å²) in [7, 11) is 0. The molecule has 1 heterocycles. The Morgan fingerprint density at radius 1 is 1.37 bits per heavy atom. The topological polar surface area (TPSA) is 79.5 Å². The smallest absolute Gasteiger partial charge is 0.337 e. The maximum absolute atomic E-state index is 11.2. The van der Waals surface area contributed by atoms with E-state index in [1.165, 1.54) is 6.07 Å². The van der Waals surface area contributed by atoms with Crippen LogP contribution in [-0.2, 0) is 17.7 Å². The number of hydrogen-bond donors (Lipinski definition) is 2. The van der Waals surface area contributed by atoms with Gasteiger partial charge in [-0.05, 0) is 46.5 Å². The van der Waals surface area contributed by atoms with Crippen LogP contribution in [0, 0.1) is 0 Å². The third kappa shape index (κ3) is 3.97. The average Bonchev–Trinajstić information content (AvgIpc) is 2.35. The first-order chi connectivity index (χ1) is 9.06. The minimum absolute atomic E-state index is 0.387. The molecule has 5 nitrogen and oxygen atoms in total. The molecule has 19 heavy (non-hydrogen) atoms. The summed E-state index contributed by atoms with van der Waals surface area (Å²) >= 11 is 1.38. The van der Waals surface area contributed by atoms with Gasteiger partial charge in [0.15, 0.2) is 0 Å². The second kappa shape index (κ2) is 6.42. The van der Waals surface area contributed by atoms with Gasteiger partial charge >= 0.3 is 5.63 Å². The minimum atomic E-state index is -1.96. The van der Waals surface area contributed by atoms with E-state index in [9.17, 15) is 9.00 Å². The van der Waals surface area contributed by atoms with Gasteiger partial charge in [0.1, 0.15) is 5.58 Å². The molecule has 0 fully saturated rings. The third-order valence-corrected chi connectivity index (χ3v) is 3.73. The Labute approximate surface area is 120 Å². The van der Waals surface area contributed by atoms with Gasteiger partial charge in [0, 0.05) is 22.5 Å². The van der Waals surface area contributed by atoms with Crippen LogP contribution in [0.3, 0.4) is 0 Å². The van der Waals surface area contributed by atoms with Gasteiger partial charge in [-0.1, -0.05) is 6.07 Å². The monoisotopic (exact) mass is 345 g/mol. The quantitative estimate of drug-likeness (QED) is 0.494. The summed E-state index contributed by atoms with van der Waals surface area (Å²) in [5.41, 5.74) is 1.23. The highest BCUT2D eigenvalue weighted by Crippen LogP contribution is 2.23. The Kier molecular flexibility index (Phi) is 4.87. The highest BCUT2D eigenvalue weighted by Gasteiger charge is 2.04. The molecule has 2 rings (SSSR count). The number of aryl methyl sites for hydroxylation is 1.